The van der Waals surface area contributed by atoms with E-state index in [0.717, 1.165) is 4.90 Å². The number of rotatable bonds is 8. The molecule has 0 bridgehead atoms. The van der Waals surface area contributed by atoms with Gasteiger partial charge in [0.05, 0.1) is 38.4 Å². The van der Waals surface area contributed by atoms with Gasteiger partial charge < -0.3 is 9.47 Å². The zero-order valence-corrected chi connectivity index (χ0v) is 17.7. The molecule has 2 aromatic carbocycles. The molecular weight excluding hydrogens is 416 g/mol. The van der Waals surface area contributed by atoms with Gasteiger partial charge in [-0.05, 0) is 53.3 Å². The van der Waals surface area contributed by atoms with Crippen LogP contribution < -0.4 is 30.0 Å². The first-order valence-corrected chi connectivity index (χ1v) is 10.1. The minimum Gasteiger partial charge on any atom is -0.497 e. The summed E-state index contributed by atoms with van der Waals surface area (Å²) >= 11 is 0. The fraction of sp³-hybridized carbons (Fsp3) is 0.273. The predicted molar refractivity (Wildman–Crippen MR) is 113 cm³/mol. The Kier molecular flexibility index (Phi) is 6.04. The van der Waals surface area contributed by atoms with Gasteiger partial charge in [-0.2, -0.15) is 0 Å². The lowest BCUT2D eigenvalue weighted by molar-refractivity contribution is -0.677. The van der Waals surface area contributed by atoms with E-state index in [1.54, 1.807) is 55.6 Å². The molecule has 1 fully saturated rings. The normalized spacial score (nSPS) is 15.9. The molecule has 10 nitrogen and oxygen atoms in total. The van der Waals surface area contributed by atoms with Gasteiger partial charge in [-0.3, -0.25) is 19.4 Å². The molecule has 32 heavy (non-hydrogen) atoms. The number of aromatic amines is 1. The van der Waals surface area contributed by atoms with E-state index in [0.29, 0.717) is 29.5 Å². The molecule has 2 amide bonds. The van der Waals surface area contributed by atoms with E-state index in [9.17, 15) is 14.4 Å². The number of amides is 2. The Morgan fingerprint density at radius 1 is 1.09 bits per heavy atom. The summed E-state index contributed by atoms with van der Waals surface area (Å²) < 4.78 is 16.9. The molecule has 0 saturated carbocycles. The standard InChI is InChI=1S/C22H22N4O6/c1-3-31-17-10-4-14(5-11-17)25-20(27)12-18(21(25)28)23-13-19-22(29)32-24-26(19)15-6-8-16(30-2)9-7-15/h4-11,18,23H,3,12-13H2,1-2H3/p+1. The molecule has 2 N–H and O–H groups in total. The summed E-state index contributed by atoms with van der Waals surface area (Å²) in [5.41, 5.74) is 0.809. The minimum atomic E-state index is -0.757. The van der Waals surface area contributed by atoms with Gasteiger partial charge in [-0.1, -0.05) is 0 Å². The molecule has 1 aliphatic rings. The monoisotopic (exact) mass is 439 g/mol. The lowest BCUT2D eigenvalue weighted by atomic mass is 10.2. The third-order valence-electron chi connectivity index (χ3n) is 5.13. The van der Waals surface area contributed by atoms with Crippen molar-refractivity contribution in [1.29, 1.82) is 0 Å². The fourth-order valence-corrected chi connectivity index (χ4v) is 3.52. The summed E-state index contributed by atoms with van der Waals surface area (Å²) in [4.78, 5) is 38.7. The summed E-state index contributed by atoms with van der Waals surface area (Å²) in [6, 6.07) is 13.0. The minimum absolute atomic E-state index is 0.00959. The number of imide groups is 1. The topological polar surface area (TPSA) is 118 Å². The van der Waals surface area contributed by atoms with Gasteiger partial charge in [0.1, 0.15) is 11.5 Å². The number of benzene rings is 2. The highest BCUT2D eigenvalue weighted by Gasteiger charge is 2.40. The second kappa shape index (κ2) is 9.06. The van der Waals surface area contributed by atoms with Crippen molar-refractivity contribution in [1.82, 2.24) is 10.6 Å². The van der Waals surface area contributed by atoms with E-state index in [1.165, 1.54) is 4.68 Å². The van der Waals surface area contributed by atoms with Crippen LogP contribution in [-0.2, 0) is 16.1 Å². The number of hydrogen-bond acceptors (Lipinski definition) is 7. The van der Waals surface area contributed by atoms with E-state index in [-0.39, 0.29) is 30.5 Å². The molecule has 4 rings (SSSR count). The predicted octanol–water partition coefficient (Wildman–Crippen LogP) is 1.07. The molecular formula is C22H23N4O6+. The molecule has 2 heterocycles. The third kappa shape index (κ3) is 4.12. The number of ether oxygens (including phenoxy) is 2. The number of carbonyl (C=O) groups is 2. The number of nitrogens with one attached hydrogen (secondary N) is 2. The van der Waals surface area contributed by atoms with Gasteiger partial charge >= 0.3 is 11.3 Å². The van der Waals surface area contributed by atoms with Crippen LogP contribution in [-0.4, -0.2) is 36.8 Å². The van der Waals surface area contributed by atoms with Crippen molar-refractivity contribution in [2.45, 2.75) is 25.9 Å². The van der Waals surface area contributed by atoms with Crippen molar-refractivity contribution in [2.75, 3.05) is 18.6 Å². The van der Waals surface area contributed by atoms with Gasteiger partial charge in [0.25, 0.3) is 5.91 Å². The smallest absolute Gasteiger partial charge is 0.431 e. The molecule has 3 aromatic rings. The molecule has 1 saturated heterocycles. The van der Waals surface area contributed by atoms with E-state index in [2.05, 4.69) is 10.6 Å². The Morgan fingerprint density at radius 3 is 2.44 bits per heavy atom. The van der Waals surface area contributed by atoms with Crippen LogP contribution in [0.25, 0.3) is 5.69 Å². The highest BCUT2D eigenvalue weighted by Crippen LogP contribution is 2.25. The average Bonchev–Trinajstić information content (AvgIpc) is 3.31. The van der Waals surface area contributed by atoms with Gasteiger partial charge in [0.15, 0.2) is 0 Å². The molecule has 0 spiro atoms. The van der Waals surface area contributed by atoms with Crippen molar-refractivity contribution in [3.63, 3.8) is 0 Å². The number of nitrogens with zero attached hydrogens (tertiary/aromatic N) is 2. The van der Waals surface area contributed by atoms with Gasteiger partial charge in [0, 0.05) is 12.1 Å². The van der Waals surface area contributed by atoms with Crippen LogP contribution in [0.4, 0.5) is 5.69 Å². The fourth-order valence-electron chi connectivity index (χ4n) is 3.52. The molecule has 1 aliphatic heterocycles. The highest BCUT2D eigenvalue weighted by molar-refractivity contribution is 6.22. The third-order valence-corrected chi connectivity index (χ3v) is 5.13. The second-order valence-corrected chi connectivity index (χ2v) is 7.09. The number of methoxy groups -OCH3 is 1. The van der Waals surface area contributed by atoms with E-state index in [1.807, 2.05) is 6.92 Å². The van der Waals surface area contributed by atoms with Crippen LogP contribution in [0.5, 0.6) is 11.5 Å². The Morgan fingerprint density at radius 2 is 1.78 bits per heavy atom. The summed E-state index contributed by atoms with van der Waals surface area (Å²) in [6.45, 7) is 2.43. The first-order chi connectivity index (χ1) is 15.5. The number of H-pyrrole nitrogens is 1. The van der Waals surface area contributed by atoms with Crippen molar-refractivity contribution in [3.05, 3.63) is 64.6 Å². The number of hydrogen-bond donors (Lipinski definition) is 2. The Labute approximate surface area is 183 Å². The lowest BCUT2D eigenvalue weighted by Crippen LogP contribution is -2.44. The van der Waals surface area contributed by atoms with E-state index >= 15 is 0 Å². The van der Waals surface area contributed by atoms with Crippen LogP contribution in [0.1, 0.15) is 19.0 Å². The quantitative estimate of drug-likeness (QED) is 0.398. The Balaban J connectivity index is 1.48. The van der Waals surface area contributed by atoms with Crippen molar-refractivity contribution < 1.29 is 28.3 Å². The lowest BCUT2D eigenvalue weighted by Gasteiger charge is -2.15. The molecule has 10 heteroatoms. The SMILES string of the molecule is CCOc1ccc(N2C(=O)CC(NCc3c(=O)o[nH][n+]3-c3ccc(OC)cc3)C2=O)cc1. The summed E-state index contributed by atoms with van der Waals surface area (Å²) in [5, 5.41) is 5.55. The maximum atomic E-state index is 12.9. The Bertz CT molecular complexity index is 1170. The second-order valence-electron chi connectivity index (χ2n) is 7.09. The maximum Gasteiger partial charge on any atom is 0.431 e. The van der Waals surface area contributed by atoms with Crippen LogP contribution in [0, 0.1) is 0 Å². The molecule has 1 atom stereocenters. The van der Waals surface area contributed by atoms with Crippen LogP contribution in [0.15, 0.2) is 57.8 Å². The van der Waals surface area contributed by atoms with Crippen LogP contribution >= 0.6 is 0 Å². The highest BCUT2D eigenvalue weighted by atomic mass is 16.5. The zero-order chi connectivity index (χ0) is 22.7. The van der Waals surface area contributed by atoms with Gasteiger partial charge in [0.2, 0.25) is 11.6 Å². The summed E-state index contributed by atoms with van der Waals surface area (Å²) in [5.74, 6) is 0.632. The van der Waals surface area contributed by atoms with Crippen LogP contribution in [0.2, 0.25) is 0 Å². The van der Waals surface area contributed by atoms with E-state index < -0.39 is 11.7 Å². The Hall–Kier alpha value is -3.92. The number of anilines is 1. The van der Waals surface area contributed by atoms with Crippen LogP contribution in [0.3, 0.4) is 0 Å². The molecule has 0 aliphatic carbocycles. The number of carbonyl (C=O) groups excluding carboxylic acids is 2. The van der Waals surface area contributed by atoms with Gasteiger partial charge in [-0.25, -0.2) is 9.69 Å². The maximum absolute atomic E-state index is 12.9. The van der Waals surface area contributed by atoms with Gasteiger partial charge in [-0.15, -0.1) is 0 Å². The molecule has 0 radical (unpaired) electrons. The van der Waals surface area contributed by atoms with E-state index in [4.69, 9.17) is 14.0 Å². The molecule has 166 valence electrons. The zero-order valence-electron chi connectivity index (χ0n) is 17.7. The average molecular weight is 439 g/mol. The van der Waals surface area contributed by atoms with Crippen molar-refractivity contribution >= 4 is 17.5 Å². The summed E-state index contributed by atoms with van der Waals surface area (Å²) in [6.07, 6.45) is -0.00959. The molecule has 1 unspecified atom stereocenters. The number of aromatic nitrogens is 2. The molecule has 1 aromatic heterocycles. The first kappa shape index (κ1) is 21.3. The van der Waals surface area contributed by atoms with Crippen molar-refractivity contribution in [2.24, 2.45) is 0 Å². The van der Waals surface area contributed by atoms with Crippen molar-refractivity contribution in [3.8, 4) is 17.2 Å². The largest absolute Gasteiger partial charge is 0.497 e. The summed E-state index contributed by atoms with van der Waals surface area (Å²) in [7, 11) is 1.56. The first-order valence-electron chi connectivity index (χ1n) is 10.1.